The SMILES string of the molecule is CCOCCOc1ccc(S(=O)(=O)NCCOc2ccc(Cl)cc2)cc1. The van der Waals surface area contributed by atoms with Crippen molar-refractivity contribution in [2.24, 2.45) is 0 Å². The highest BCUT2D eigenvalue weighted by atomic mass is 35.5. The molecule has 0 aromatic heterocycles. The van der Waals surface area contributed by atoms with Crippen molar-refractivity contribution in [2.45, 2.75) is 11.8 Å². The lowest BCUT2D eigenvalue weighted by Gasteiger charge is -2.10. The van der Waals surface area contributed by atoms with Crippen LogP contribution in [0.2, 0.25) is 5.02 Å². The molecule has 0 radical (unpaired) electrons. The van der Waals surface area contributed by atoms with Gasteiger partial charge in [0.1, 0.15) is 24.7 Å². The van der Waals surface area contributed by atoms with Gasteiger partial charge in [-0.1, -0.05) is 11.6 Å². The molecule has 0 saturated carbocycles. The van der Waals surface area contributed by atoms with Crippen LogP contribution in [0.4, 0.5) is 0 Å². The van der Waals surface area contributed by atoms with Gasteiger partial charge in [0.2, 0.25) is 10.0 Å². The van der Waals surface area contributed by atoms with Gasteiger partial charge in [0.25, 0.3) is 0 Å². The summed E-state index contributed by atoms with van der Waals surface area (Å²) in [4.78, 5) is 0.168. The van der Waals surface area contributed by atoms with Crippen LogP contribution in [0.1, 0.15) is 6.92 Å². The van der Waals surface area contributed by atoms with E-state index in [2.05, 4.69) is 4.72 Å². The molecule has 8 heteroatoms. The first-order valence-corrected chi connectivity index (χ1v) is 10.1. The molecule has 2 aromatic rings. The quantitative estimate of drug-likeness (QED) is 0.588. The first kappa shape index (κ1) is 20.5. The summed E-state index contributed by atoms with van der Waals surface area (Å²) in [5, 5.41) is 0.614. The molecule has 2 rings (SSSR count). The van der Waals surface area contributed by atoms with Gasteiger partial charge in [-0.25, -0.2) is 13.1 Å². The highest BCUT2D eigenvalue weighted by Gasteiger charge is 2.13. The molecule has 0 aliphatic rings. The van der Waals surface area contributed by atoms with Crippen LogP contribution in [0, 0.1) is 0 Å². The molecule has 26 heavy (non-hydrogen) atoms. The third-order valence-corrected chi connectivity index (χ3v) is 5.04. The Kier molecular flexibility index (Phi) is 8.18. The van der Waals surface area contributed by atoms with Gasteiger partial charge in [-0.15, -0.1) is 0 Å². The van der Waals surface area contributed by atoms with Crippen molar-refractivity contribution < 1.29 is 22.6 Å². The van der Waals surface area contributed by atoms with E-state index in [1.54, 1.807) is 36.4 Å². The van der Waals surface area contributed by atoms with Crippen LogP contribution >= 0.6 is 11.6 Å². The van der Waals surface area contributed by atoms with Gasteiger partial charge in [0.05, 0.1) is 11.5 Å². The summed E-state index contributed by atoms with van der Waals surface area (Å²) in [6.45, 7) is 3.81. The van der Waals surface area contributed by atoms with Gasteiger partial charge < -0.3 is 14.2 Å². The molecule has 6 nitrogen and oxygen atoms in total. The Morgan fingerprint density at radius 3 is 2.08 bits per heavy atom. The minimum Gasteiger partial charge on any atom is -0.492 e. The van der Waals surface area contributed by atoms with E-state index in [0.29, 0.717) is 36.3 Å². The van der Waals surface area contributed by atoms with E-state index >= 15 is 0 Å². The summed E-state index contributed by atoms with van der Waals surface area (Å²) in [5.41, 5.74) is 0. The monoisotopic (exact) mass is 399 g/mol. The van der Waals surface area contributed by atoms with E-state index in [1.165, 1.54) is 12.1 Å². The maximum atomic E-state index is 12.3. The zero-order valence-corrected chi connectivity index (χ0v) is 16.1. The number of hydrogen-bond acceptors (Lipinski definition) is 5. The largest absolute Gasteiger partial charge is 0.492 e. The van der Waals surface area contributed by atoms with Crippen LogP contribution in [0.15, 0.2) is 53.4 Å². The van der Waals surface area contributed by atoms with Crippen molar-refractivity contribution in [1.82, 2.24) is 4.72 Å². The smallest absolute Gasteiger partial charge is 0.240 e. The predicted octanol–water partition coefficient (Wildman–Crippen LogP) is 3.11. The number of hydrogen-bond donors (Lipinski definition) is 1. The maximum Gasteiger partial charge on any atom is 0.240 e. The fraction of sp³-hybridized carbons (Fsp3) is 0.333. The summed E-state index contributed by atoms with van der Waals surface area (Å²) in [7, 11) is -3.60. The van der Waals surface area contributed by atoms with Gasteiger partial charge in [0, 0.05) is 18.2 Å². The van der Waals surface area contributed by atoms with Crippen molar-refractivity contribution >= 4 is 21.6 Å². The Hall–Kier alpha value is -1.80. The van der Waals surface area contributed by atoms with E-state index in [0.717, 1.165) is 0 Å². The molecule has 0 fully saturated rings. The molecule has 0 saturated heterocycles. The maximum absolute atomic E-state index is 12.3. The van der Waals surface area contributed by atoms with Crippen molar-refractivity contribution in [3.63, 3.8) is 0 Å². The van der Waals surface area contributed by atoms with E-state index in [-0.39, 0.29) is 18.0 Å². The van der Waals surface area contributed by atoms with Gasteiger partial charge >= 0.3 is 0 Å². The molecule has 0 aliphatic heterocycles. The standard InChI is InChI=1S/C18H22ClNO5S/c1-2-23-13-14-25-17-7-9-18(10-8-17)26(21,22)20-11-12-24-16-5-3-15(19)4-6-16/h3-10,20H,2,11-14H2,1H3. The zero-order valence-electron chi connectivity index (χ0n) is 14.5. The van der Waals surface area contributed by atoms with Gasteiger partial charge in [-0.3, -0.25) is 0 Å². The Morgan fingerprint density at radius 1 is 0.885 bits per heavy atom. The van der Waals surface area contributed by atoms with E-state index in [4.69, 9.17) is 25.8 Å². The summed E-state index contributed by atoms with van der Waals surface area (Å²) < 4.78 is 43.1. The average molecular weight is 400 g/mol. The minimum absolute atomic E-state index is 0.150. The normalized spacial score (nSPS) is 11.3. The van der Waals surface area contributed by atoms with Crippen LogP contribution in [0.5, 0.6) is 11.5 Å². The number of benzene rings is 2. The molecule has 0 amide bonds. The average Bonchev–Trinajstić information content (AvgIpc) is 2.64. The molecule has 2 aromatic carbocycles. The molecular formula is C18H22ClNO5S. The Labute approximate surface area is 159 Å². The van der Waals surface area contributed by atoms with Gasteiger partial charge in [-0.2, -0.15) is 0 Å². The summed E-state index contributed by atoms with van der Waals surface area (Å²) in [6, 6.07) is 13.1. The van der Waals surface area contributed by atoms with Crippen molar-refractivity contribution in [1.29, 1.82) is 0 Å². The molecule has 0 aliphatic carbocycles. The van der Waals surface area contributed by atoms with Crippen LogP contribution in [0.3, 0.4) is 0 Å². The first-order valence-electron chi connectivity index (χ1n) is 8.20. The molecule has 142 valence electrons. The van der Waals surface area contributed by atoms with Crippen molar-refractivity contribution in [3.8, 4) is 11.5 Å². The lowest BCUT2D eigenvalue weighted by Crippen LogP contribution is -2.28. The fourth-order valence-corrected chi connectivity index (χ4v) is 3.18. The van der Waals surface area contributed by atoms with Crippen LogP contribution in [-0.4, -0.2) is 41.4 Å². The Balaban J connectivity index is 1.78. The topological polar surface area (TPSA) is 73.9 Å². The number of halogens is 1. The first-order chi connectivity index (χ1) is 12.5. The van der Waals surface area contributed by atoms with E-state index < -0.39 is 10.0 Å². The molecule has 1 N–H and O–H groups in total. The summed E-state index contributed by atoms with van der Waals surface area (Å²) in [5.74, 6) is 1.22. The van der Waals surface area contributed by atoms with E-state index in [1.807, 2.05) is 6.92 Å². The summed E-state index contributed by atoms with van der Waals surface area (Å²) >= 11 is 5.79. The Morgan fingerprint density at radius 2 is 1.46 bits per heavy atom. The van der Waals surface area contributed by atoms with Crippen LogP contribution in [0.25, 0.3) is 0 Å². The second-order valence-electron chi connectivity index (χ2n) is 5.22. The lowest BCUT2D eigenvalue weighted by atomic mass is 10.3. The molecule has 0 atom stereocenters. The number of ether oxygens (including phenoxy) is 3. The van der Waals surface area contributed by atoms with Crippen molar-refractivity contribution in [3.05, 3.63) is 53.6 Å². The zero-order chi connectivity index (χ0) is 18.8. The molecule has 0 unspecified atom stereocenters. The predicted molar refractivity (Wildman–Crippen MR) is 101 cm³/mol. The minimum atomic E-state index is -3.60. The second-order valence-corrected chi connectivity index (χ2v) is 7.42. The lowest BCUT2D eigenvalue weighted by molar-refractivity contribution is 0.110. The Bertz CT molecular complexity index is 763. The third-order valence-electron chi connectivity index (χ3n) is 3.31. The third kappa shape index (κ3) is 6.84. The molecule has 0 spiro atoms. The number of sulfonamides is 1. The molecule has 0 heterocycles. The van der Waals surface area contributed by atoms with Crippen LogP contribution in [-0.2, 0) is 14.8 Å². The molecule has 0 bridgehead atoms. The van der Waals surface area contributed by atoms with Crippen LogP contribution < -0.4 is 14.2 Å². The molecular weight excluding hydrogens is 378 g/mol. The van der Waals surface area contributed by atoms with Gasteiger partial charge in [0.15, 0.2) is 0 Å². The van der Waals surface area contributed by atoms with Crippen molar-refractivity contribution in [2.75, 3.05) is 33.0 Å². The number of rotatable bonds is 11. The number of nitrogens with one attached hydrogen (secondary N) is 1. The van der Waals surface area contributed by atoms with Gasteiger partial charge in [-0.05, 0) is 55.5 Å². The second kappa shape index (κ2) is 10.4. The fourth-order valence-electron chi connectivity index (χ4n) is 2.04. The highest BCUT2D eigenvalue weighted by Crippen LogP contribution is 2.17. The highest BCUT2D eigenvalue weighted by molar-refractivity contribution is 7.89. The van der Waals surface area contributed by atoms with E-state index in [9.17, 15) is 8.42 Å². The summed E-state index contributed by atoms with van der Waals surface area (Å²) in [6.07, 6.45) is 0.